The molecule has 0 aliphatic heterocycles. The van der Waals surface area contributed by atoms with Gasteiger partial charge in [0.15, 0.2) is 23.3 Å². The number of amides is 1. The van der Waals surface area contributed by atoms with E-state index in [1.54, 1.807) is 128 Å². The average molecular weight is 1800 g/mol. The summed E-state index contributed by atoms with van der Waals surface area (Å²) in [6, 6.07) is 79.5. The highest BCUT2D eigenvalue weighted by Crippen LogP contribution is 2.37. The van der Waals surface area contributed by atoms with Crippen LogP contribution >= 0.6 is 23.2 Å². The van der Waals surface area contributed by atoms with E-state index in [2.05, 4.69) is 51.2 Å². The number of fused-ring (bicyclic) bond motifs is 8. The fraction of sp³-hybridized carbons (Fsp3) is 0.0485. The van der Waals surface area contributed by atoms with Crippen molar-refractivity contribution in [2.24, 2.45) is 5.73 Å². The largest absolute Gasteiger partial charge is 0.468 e. The van der Waals surface area contributed by atoms with Gasteiger partial charge >= 0.3 is 5.97 Å². The zero-order chi connectivity index (χ0) is 91.0. The number of nitrogens with one attached hydrogen (secondary N) is 4. The van der Waals surface area contributed by atoms with Crippen LogP contribution in [0.3, 0.4) is 0 Å². The zero-order valence-corrected chi connectivity index (χ0v) is 71.9. The summed E-state index contributed by atoms with van der Waals surface area (Å²) in [6.45, 7) is 1.17. The molecule has 12 aromatic heterocycles. The van der Waals surface area contributed by atoms with Crippen LogP contribution in [0.4, 0.5) is 40.3 Å². The normalized spacial score (nSPS) is 11.2. The molecule has 0 aliphatic carbocycles. The summed E-state index contributed by atoms with van der Waals surface area (Å²) in [5, 5.41) is 21.1. The molecule has 0 unspecified atom stereocenters. The lowest BCUT2D eigenvalue weighted by atomic mass is 10.1. The van der Waals surface area contributed by atoms with E-state index in [1.165, 1.54) is 31.4 Å². The van der Waals surface area contributed by atoms with Gasteiger partial charge in [-0.2, -0.15) is 0 Å². The van der Waals surface area contributed by atoms with Gasteiger partial charge in [0.2, 0.25) is 5.91 Å². The second-order valence-electron chi connectivity index (χ2n) is 30.5. The standard InChI is InChI=1S/2C28H19ClFN5.C24H18FN5O2.C23H17FN6O/c29-20-5-3-4-18(14-20)16-32-21-8-9-25-23(15-21)28(35-13-11-19-17-31-12-10-26(19)35)34-27(33-25)22-6-1-2-7-24(22)30;29-20-7-5-18(6-8-20)16-32-21-9-10-25-23(15-21)28(35-14-12-19-17-31-13-11-26(19)35)34-27(33-25)22-3-1-2-4-24(22)30;1-32-22(31)14-27-16-6-7-20-18(12-16)24(30-11-9-15-13-26-10-8-21(15)30)29-23(28-20)17-4-2-3-5-19(17)25;24-18-4-2-1-3-16(18)22-28-19-6-5-15(27-21(31)12-25)11-17(19)23(29-22)30-10-8-14-13-26-9-7-20(14)30/h2*1-15,17,32H,16H2;2-13,27H,14H2,1H3;1-11,13H,12,25H2,(H,27,31). The number of rotatable bonds is 19. The first-order valence-corrected chi connectivity index (χ1v) is 42.5. The SMILES string of the molecule is COC(=O)CNc1ccc2nc(-c3ccccc3F)nc(-n3ccc4cnccc43)c2c1.Fc1ccccc1-c1nc(-n2ccc3cnccc32)c2cc(NCc3ccc(Cl)cc3)ccc2n1.Fc1ccccc1-c1nc(-n2ccc3cnccc32)c2cc(NCc3cccc(Cl)c3)ccc2n1.NCC(=O)Nc1ccc2nc(-c3ccccc3F)nc(-n3ccc4cnccc43)c2c1. The number of benzene rings is 10. The molecular formula is C103H73Cl2F4N21O3. The summed E-state index contributed by atoms with van der Waals surface area (Å²) in [7, 11) is 1.34. The molecule has 0 saturated heterocycles. The van der Waals surface area contributed by atoms with Gasteiger partial charge in [-0.05, 0) is 205 Å². The van der Waals surface area contributed by atoms with Gasteiger partial charge in [0, 0.05) is 163 Å². The maximum Gasteiger partial charge on any atom is 0.325 e. The molecule has 12 heterocycles. The predicted molar refractivity (Wildman–Crippen MR) is 514 cm³/mol. The number of nitrogens with zero attached hydrogens (tertiary/aromatic N) is 16. The van der Waals surface area contributed by atoms with E-state index >= 15 is 0 Å². The Labute approximate surface area is 765 Å². The number of carbonyl (C=O) groups excluding carboxylic acids is 2. The minimum absolute atomic E-state index is 0.0314. The van der Waals surface area contributed by atoms with Crippen molar-refractivity contribution in [3.8, 4) is 68.8 Å². The maximum atomic E-state index is 14.6. The van der Waals surface area contributed by atoms with Gasteiger partial charge < -0.3 is 50.0 Å². The van der Waals surface area contributed by atoms with Crippen molar-refractivity contribution in [1.29, 1.82) is 0 Å². The van der Waals surface area contributed by atoms with Gasteiger partial charge in [-0.25, -0.2) is 57.4 Å². The van der Waals surface area contributed by atoms with Crippen molar-refractivity contribution in [2.75, 3.05) is 41.5 Å². The molecule has 0 fully saturated rings. The third-order valence-corrected chi connectivity index (χ3v) is 22.5. The molecule has 0 bridgehead atoms. The molecule has 650 valence electrons. The van der Waals surface area contributed by atoms with E-state index in [0.717, 1.165) is 93.3 Å². The van der Waals surface area contributed by atoms with Crippen LogP contribution in [0.15, 0.2) is 341 Å². The van der Waals surface area contributed by atoms with Gasteiger partial charge in [0.1, 0.15) is 53.1 Å². The highest BCUT2D eigenvalue weighted by molar-refractivity contribution is 6.31. The molecule has 6 N–H and O–H groups in total. The molecule has 133 heavy (non-hydrogen) atoms. The van der Waals surface area contributed by atoms with Gasteiger partial charge in [0.25, 0.3) is 0 Å². The number of carbonyl (C=O) groups is 2. The summed E-state index contributed by atoms with van der Waals surface area (Å²) in [6.07, 6.45) is 21.7. The monoisotopic (exact) mass is 1800 g/mol. The van der Waals surface area contributed by atoms with E-state index in [0.29, 0.717) is 108 Å². The Hall–Kier alpha value is -17.1. The van der Waals surface area contributed by atoms with E-state index in [4.69, 9.17) is 63.6 Å². The first-order chi connectivity index (χ1) is 65.1. The maximum absolute atomic E-state index is 14.6. The Kier molecular flexibility index (Phi) is 24.4. The summed E-state index contributed by atoms with van der Waals surface area (Å²) >= 11 is 12.1. The first kappa shape index (κ1) is 85.4. The van der Waals surface area contributed by atoms with Crippen molar-refractivity contribution < 1.29 is 31.9 Å². The number of ether oxygens (including phenoxy) is 1. The molecule has 10 aromatic carbocycles. The van der Waals surface area contributed by atoms with E-state index in [9.17, 15) is 27.2 Å². The molecule has 0 radical (unpaired) electrons. The molecule has 1 amide bonds. The van der Waals surface area contributed by atoms with E-state index < -0.39 is 11.6 Å². The van der Waals surface area contributed by atoms with Crippen molar-refractivity contribution >= 4 is 145 Å². The van der Waals surface area contributed by atoms with E-state index in [1.807, 2.05) is 207 Å². The fourth-order valence-corrected chi connectivity index (χ4v) is 15.8. The Balaban J connectivity index is 0.000000114. The van der Waals surface area contributed by atoms with Crippen LogP contribution in [-0.2, 0) is 27.4 Å². The number of anilines is 4. The van der Waals surface area contributed by atoms with Gasteiger partial charge in [-0.15, -0.1) is 0 Å². The molecule has 0 atom stereocenters. The lowest BCUT2D eigenvalue weighted by Crippen LogP contribution is -2.21. The Morgan fingerprint density at radius 2 is 0.677 bits per heavy atom. The smallest absolute Gasteiger partial charge is 0.325 e. The number of methoxy groups -OCH3 is 1. The molecule has 0 aliphatic rings. The second kappa shape index (κ2) is 38.1. The number of hydrogen-bond donors (Lipinski definition) is 5. The predicted octanol–water partition coefficient (Wildman–Crippen LogP) is 22.1. The first-order valence-electron chi connectivity index (χ1n) is 41.8. The number of pyridine rings is 4. The number of halogens is 6. The minimum atomic E-state index is -0.402. The van der Waals surface area contributed by atoms with Gasteiger partial charge in [0.05, 0.1) is 80.0 Å². The van der Waals surface area contributed by atoms with Crippen LogP contribution in [0.25, 0.3) is 156 Å². The second-order valence-corrected chi connectivity index (χ2v) is 31.3. The molecule has 0 saturated carbocycles. The Morgan fingerprint density at radius 3 is 1.02 bits per heavy atom. The Bertz CT molecular complexity index is 8180. The molecule has 24 nitrogen and oxygen atoms in total. The summed E-state index contributed by atoms with van der Waals surface area (Å²) in [5.41, 5.74) is 18.5. The fourth-order valence-electron chi connectivity index (χ4n) is 15.4. The molecule has 22 rings (SSSR count). The topological polar surface area (TPSA) is 292 Å². The Morgan fingerprint density at radius 1 is 0.346 bits per heavy atom. The number of esters is 1. The molecule has 0 spiro atoms. The van der Waals surface area contributed by atoms with Crippen LogP contribution in [0.5, 0.6) is 0 Å². The molecule has 22 aromatic rings. The van der Waals surface area contributed by atoms with Crippen LogP contribution in [0.2, 0.25) is 10.0 Å². The highest BCUT2D eigenvalue weighted by Gasteiger charge is 2.23. The summed E-state index contributed by atoms with van der Waals surface area (Å²) in [4.78, 5) is 77.8. The van der Waals surface area contributed by atoms with Crippen LogP contribution < -0.4 is 27.0 Å². The van der Waals surface area contributed by atoms with E-state index in [-0.39, 0.29) is 48.2 Å². The van der Waals surface area contributed by atoms with Crippen LogP contribution in [0, 0.1) is 23.3 Å². The van der Waals surface area contributed by atoms with Crippen molar-refractivity contribution in [1.82, 2.24) is 78.1 Å². The third kappa shape index (κ3) is 18.4. The average Bonchev–Trinajstić information content (AvgIpc) is 1.76. The summed E-state index contributed by atoms with van der Waals surface area (Å²) in [5.74, 6) is 1.53. The van der Waals surface area contributed by atoms with Crippen molar-refractivity contribution in [3.05, 3.63) is 386 Å². The van der Waals surface area contributed by atoms with Crippen molar-refractivity contribution in [2.45, 2.75) is 13.1 Å². The number of nitrogens with two attached hydrogens (primary N) is 1. The minimum Gasteiger partial charge on any atom is -0.468 e. The molecule has 30 heteroatoms. The lowest BCUT2D eigenvalue weighted by molar-refractivity contribution is -0.138. The quantitative estimate of drug-likeness (QED) is 0.0371. The highest BCUT2D eigenvalue weighted by atomic mass is 35.5. The summed E-state index contributed by atoms with van der Waals surface area (Å²) < 4.78 is 70.8. The number of hydrogen-bond acceptors (Lipinski definition) is 19. The van der Waals surface area contributed by atoms with Crippen LogP contribution in [0.1, 0.15) is 11.1 Å². The molecular weight excluding hydrogens is 1730 g/mol. The zero-order valence-electron chi connectivity index (χ0n) is 70.4. The van der Waals surface area contributed by atoms with Crippen LogP contribution in [-0.4, -0.2) is 110 Å². The third-order valence-electron chi connectivity index (χ3n) is 22.0. The lowest BCUT2D eigenvalue weighted by Gasteiger charge is -2.13. The van der Waals surface area contributed by atoms with Crippen molar-refractivity contribution in [3.63, 3.8) is 0 Å². The van der Waals surface area contributed by atoms with Gasteiger partial charge in [-0.3, -0.25) is 29.5 Å². The number of aromatic nitrogens is 16. The van der Waals surface area contributed by atoms with Gasteiger partial charge in [-0.1, -0.05) is 96.0 Å².